The molecular formula is C8H14N2O4S. The standard InChI is InChI=1S/C8H14N2O4S/c1-2-7-14-8(11)9-15(12,13)10-5-3-4-6-10/h2H,1,3-7H2,(H,9,11). The highest BCUT2D eigenvalue weighted by atomic mass is 32.2. The summed E-state index contributed by atoms with van der Waals surface area (Å²) >= 11 is 0. The van der Waals surface area contributed by atoms with Crippen LogP contribution in [0.4, 0.5) is 4.79 Å². The molecule has 1 aliphatic rings. The van der Waals surface area contributed by atoms with Gasteiger partial charge < -0.3 is 4.74 Å². The largest absolute Gasteiger partial charge is 0.445 e. The summed E-state index contributed by atoms with van der Waals surface area (Å²) in [7, 11) is -3.72. The molecule has 0 spiro atoms. The van der Waals surface area contributed by atoms with Crippen molar-refractivity contribution in [3.8, 4) is 0 Å². The van der Waals surface area contributed by atoms with Crippen LogP contribution in [0, 0.1) is 0 Å². The van der Waals surface area contributed by atoms with E-state index in [9.17, 15) is 13.2 Å². The van der Waals surface area contributed by atoms with Crippen LogP contribution in [0.15, 0.2) is 12.7 Å². The topological polar surface area (TPSA) is 75.7 Å². The van der Waals surface area contributed by atoms with Gasteiger partial charge in [-0.2, -0.15) is 12.7 Å². The van der Waals surface area contributed by atoms with Crippen LogP contribution in [-0.2, 0) is 14.9 Å². The maximum atomic E-state index is 11.5. The van der Waals surface area contributed by atoms with Crippen molar-refractivity contribution in [1.29, 1.82) is 0 Å². The van der Waals surface area contributed by atoms with Gasteiger partial charge in [0.2, 0.25) is 0 Å². The Balaban J connectivity index is 2.48. The molecule has 0 aliphatic carbocycles. The van der Waals surface area contributed by atoms with Crippen LogP contribution in [0.3, 0.4) is 0 Å². The summed E-state index contributed by atoms with van der Waals surface area (Å²) in [4.78, 5) is 11.0. The normalized spacial score (nSPS) is 17.3. The van der Waals surface area contributed by atoms with Crippen LogP contribution in [0.5, 0.6) is 0 Å². The molecule has 6 nitrogen and oxygen atoms in total. The number of ether oxygens (including phenoxy) is 1. The van der Waals surface area contributed by atoms with Gasteiger partial charge in [-0.15, -0.1) is 0 Å². The minimum absolute atomic E-state index is 0.0125. The van der Waals surface area contributed by atoms with E-state index in [-0.39, 0.29) is 6.61 Å². The highest BCUT2D eigenvalue weighted by Gasteiger charge is 2.27. The lowest BCUT2D eigenvalue weighted by Crippen LogP contribution is -2.42. The maximum Gasteiger partial charge on any atom is 0.422 e. The molecule has 0 aromatic rings. The van der Waals surface area contributed by atoms with Crippen LogP contribution in [-0.4, -0.2) is 38.5 Å². The first-order valence-corrected chi connectivity index (χ1v) is 6.06. The molecular weight excluding hydrogens is 220 g/mol. The monoisotopic (exact) mass is 234 g/mol. The summed E-state index contributed by atoms with van der Waals surface area (Å²) < 4.78 is 30.5. The van der Waals surface area contributed by atoms with E-state index in [1.807, 2.05) is 4.72 Å². The average Bonchev–Trinajstić information content (AvgIpc) is 2.67. The molecule has 0 unspecified atom stereocenters. The van der Waals surface area contributed by atoms with E-state index in [0.29, 0.717) is 13.1 Å². The highest BCUT2D eigenvalue weighted by Crippen LogP contribution is 2.10. The van der Waals surface area contributed by atoms with Crippen LogP contribution >= 0.6 is 0 Å². The number of carbonyl (C=O) groups excluding carboxylic acids is 1. The van der Waals surface area contributed by atoms with Gasteiger partial charge in [0.1, 0.15) is 6.61 Å². The number of rotatable bonds is 4. The summed E-state index contributed by atoms with van der Waals surface area (Å²) in [6.45, 7) is 4.23. The molecule has 1 aliphatic heterocycles. The minimum Gasteiger partial charge on any atom is -0.445 e. The van der Waals surface area contributed by atoms with E-state index in [2.05, 4.69) is 11.3 Å². The Morgan fingerprint density at radius 1 is 1.47 bits per heavy atom. The molecule has 0 aromatic heterocycles. The Labute approximate surface area is 89.1 Å². The first-order chi connectivity index (χ1) is 7.06. The summed E-state index contributed by atoms with van der Waals surface area (Å²) in [5.41, 5.74) is 0. The van der Waals surface area contributed by atoms with E-state index >= 15 is 0 Å². The van der Waals surface area contributed by atoms with Crippen molar-refractivity contribution in [3.05, 3.63) is 12.7 Å². The molecule has 86 valence electrons. The van der Waals surface area contributed by atoms with Gasteiger partial charge in [-0.25, -0.2) is 9.52 Å². The Morgan fingerprint density at radius 2 is 2.07 bits per heavy atom. The Bertz CT molecular complexity index is 333. The molecule has 0 aromatic carbocycles. The summed E-state index contributed by atoms with van der Waals surface area (Å²) in [5, 5.41) is 0. The molecule has 1 saturated heterocycles. The van der Waals surface area contributed by atoms with Gasteiger partial charge in [-0.3, -0.25) is 0 Å². The molecule has 1 N–H and O–H groups in total. The second-order valence-electron chi connectivity index (χ2n) is 3.10. The molecule has 0 radical (unpaired) electrons. The van der Waals surface area contributed by atoms with Crippen LogP contribution in [0.25, 0.3) is 0 Å². The second-order valence-corrected chi connectivity index (χ2v) is 4.77. The highest BCUT2D eigenvalue weighted by molar-refractivity contribution is 7.87. The molecule has 0 bridgehead atoms. The van der Waals surface area contributed by atoms with E-state index in [1.54, 1.807) is 0 Å². The number of nitrogens with zero attached hydrogens (tertiary/aromatic N) is 1. The van der Waals surface area contributed by atoms with Gasteiger partial charge in [0.15, 0.2) is 0 Å². The van der Waals surface area contributed by atoms with Gasteiger partial charge in [-0.05, 0) is 12.8 Å². The van der Waals surface area contributed by atoms with Crippen LogP contribution in [0.2, 0.25) is 0 Å². The Hall–Kier alpha value is -1.08. The zero-order valence-corrected chi connectivity index (χ0v) is 9.12. The number of hydrogen-bond donors (Lipinski definition) is 1. The maximum absolute atomic E-state index is 11.5. The van der Waals surface area contributed by atoms with Gasteiger partial charge in [-0.1, -0.05) is 12.7 Å². The number of amides is 1. The third-order valence-electron chi connectivity index (χ3n) is 1.95. The molecule has 7 heteroatoms. The predicted molar refractivity (Wildman–Crippen MR) is 54.4 cm³/mol. The number of hydrogen-bond acceptors (Lipinski definition) is 4. The predicted octanol–water partition coefficient (Wildman–Crippen LogP) is 0.239. The SMILES string of the molecule is C=CCOC(=O)NS(=O)(=O)N1CCCC1. The molecule has 1 heterocycles. The third-order valence-corrected chi connectivity index (χ3v) is 3.42. The third kappa shape index (κ3) is 3.52. The quantitative estimate of drug-likeness (QED) is 0.707. The van der Waals surface area contributed by atoms with Crippen molar-refractivity contribution in [3.63, 3.8) is 0 Å². The van der Waals surface area contributed by atoms with E-state index < -0.39 is 16.3 Å². The lowest BCUT2D eigenvalue weighted by molar-refractivity contribution is 0.164. The molecule has 1 rings (SSSR count). The van der Waals surface area contributed by atoms with E-state index in [0.717, 1.165) is 12.8 Å². The molecule has 1 fully saturated rings. The van der Waals surface area contributed by atoms with Gasteiger partial charge in [0, 0.05) is 13.1 Å². The summed E-state index contributed by atoms with van der Waals surface area (Å²) in [5.74, 6) is 0. The van der Waals surface area contributed by atoms with Crippen LogP contribution < -0.4 is 4.72 Å². The molecule has 0 atom stereocenters. The van der Waals surface area contributed by atoms with Gasteiger partial charge in [0.25, 0.3) is 0 Å². The number of carbonyl (C=O) groups is 1. The van der Waals surface area contributed by atoms with Gasteiger partial charge >= 0.3 is 16.3 Å². The van der Waals surface area contributed by atoms with Crippen LogP contribution in [0.1, 0.15) is 12.8 Å². The van der Waals surface area contributed by atoms with Crippen molar-refractivity contribution >= 4 is 16.3 Å². The van der Waals surface area contributed by atoms with E-state index in [1.165, 1.54) is 10.4 Å². The molecule has 0 saturated carbocycles. The van der Waals surface area contributed by atoms with Crippen molar-refractivity contribution in [2.24, 2.45) is 0 Å². The summed E-state index contributed by atoms with van der Waals surface area (Å²) in [6, 6.07) is 0. The first-order valence-electron chi connectivity index (χ1n) is 4.62. The molecule has 15 heavy (non-hydrogen) atoms. The smallest absolute Gasteiger partial charge is 0.422 e. The average molecular weight is 234 g/mol. The van der Waals surface area contributed by atoms with Gasteiger partial charge in [0.05, 0.1) is 0 Å². The fourth-order valence-corrected chi connectivity index (χ4v) is 2.40. The Morgan fingerprint density at radius 3 is 2.60 bits per heavy atom. The number of nitrogens with one attached hydrogen (secondary N) is 1. The fourth-order valence-electron chi connectivity index (χ4n) is 1.26. The first kappa shape index (κ1) is 12.0. The van der Waals surface area contributed by atoms with Crippen molar-refractivity contribution < 1.29 is 17.9 Å². The minimum atomic E-state index is -3.72. The van der Waals surface area contributed by atoms with Crippen molar-refractivity contribution in [2.45, 2.75) is 12.8 Å². The summed E-state index contributed by atoms with van der Waals surface area (Å²) in [6.07, 6.45) is 2.04. The molecule has 1 amide bonds. The zero-order valence-electron chi connectivity index (χ0n) is 8.31. The van der Waals surface area contributed by atoms with E-state index in [4.69, 9.17) is 0 Å². The lowest BCUT2D eigenvalue weighted by Gasteiger charge is -2.15. The second kappa shape index (κ2) is 5.13. The lowest BCUT2D eigenvalue weighted by atomic mass is 10.4. The Kier molecular flexibility index (Phi) is 4.10. The zero-order chi connectivity index (χ0) is 11.3. The van der Waals surface area contributed by atoms with Crippen molar-refractivity contribution in [1.82, 2.24) is 9.03 Å². The van der Waals surface area contributed by atoms with Crippen molar-refractivity contribution in [2.75, 3.05) is 19.7 Å². The fraction of sp³-hybridized carbons (Fsp3) is 0.625.